The maximum Gasteiger partial charge on any atom is 0.490 e. The van der Waals surface area contributed by atoms with E-state index in [9.17, 15) is 37.1 Å². The Bertz CT molecular complexity index is 2220. The van der Waals surface area contributed by atoms with Gasteiger partial charge in [-0.3, -0.25) is 25.2 Å². The number of alkyl halides is 3. The summed E-state index contributed by atoms with van der Waals surface area (Å²) in [6, 6.07) is 28.9. The number of hydrogen-bond acceptors (Lipinski definition) is 9. The topological polar surface area (TPSA) is 231 Å². The fourth-order valence-electron chi connectivity index (χ4n) is 6.82. The van der Waals surface area contributed by atoms with Crippen LogP contribution in [0.4, 0.5) is 24.5 Å². The van der Waals surface area contributed by atoms with Crippen molar-refractivity contribution >= 4 is 53.7 Å². The summed E-state index contributed by atoms with van der Waals surface area (Å²) >= 11 is 0. The molecule has 2 heterocycles. The molecule has 1 unspecified atom stereocenters. The Kier molecular flexibility index (Phi) is 13.6. The second kappa shape index (κ2) is 18.6. The van der Waals surface area contributed by atoms with E-state index in [2.05, 4.69) is 16.0 Å². The van der Waals surface area contributed by atoms with Crippen LogP contribution in [-0.4, -0.2) is 77.7 Å². The lowest BCUT2D eigenvalue weighted by Gasteiger charge is -2.26. The number of aldehydes is 2. The van der Waals surface area contributed by atoms with Crippen LogP contribution in [0.5, 0.6) is 5.75 Å². The van der Waals surface area contributed by atoms with E-state index >= 15 is 0 Å². The highest BCUT2D eigenvalue weighted by molar-refractivity contribution is 6.14. The lowest BCUT2D eigenvalue weighted by molar-refractivity contribution is -0.192. The number of guanidine groups is 1. The SMILES string of the molecule is N=C(N)NCCCCCc1ccc2c(c1)C(=O)NCC(=O)N2c1ccc(C[C@@]2(C(=O)Oc3ccccc3)NC2(C=O)CC=O)cc1-c1ccccc1.O=C(O)C(F)(F)F. The van der Waals surface area contributed by atoms with E-state index in [1.54, 1.807) is 53.4 Å². The Labute approximate surface area is 336 Å². The van der Waals surface area contributed by atoms with Crippen LogP contribution in [0, 0.1) is 5.41 Å². The number of fused-ring (bicyclic) bond motifs is 1. The zero-order valence-electron chi connectivity index (χ0n) is 31.5. The molecule has 0 saturated carbocycles. The fraction of sp³-hybridized carbons (Fsp3) is 0.262. The summed E-state index contributed by atoms with van der Waals surface area (Å²) in [6.07, 6.45) is -0.725. The Hall–Kier alpha value is -6.88. The predicted molar refractivity (Wildman–Crippen MR) is 210 cm³/mol. The largest absolute Gasteiger partial charge is 0.490 e. The highest BCUT2D eigenvalue weighted by atomic mass is 19.4. The summed E-state index contributed by atoms with van der Waals surface area (Å²) in [5, 5.41) is 23.0. The van der Waals surface area contributed by atoms with Crippen LogP contribution >= 0.6 is 0 Å². The van der Waals surface area contributed by atoms with E-state index in [-0.39, 0.29) is 37.2 Å². The van der Waals surface area contributed by atoms with Crippen LogP contribution < -0.4 is 31.3 Å². The first kappa shape index (κ1) is 43.2. The molecule has 4 aromatic carbocycles. The number of nitrogens with one attached hydrogen (secondary N) is 4. The molecule has 1 fully saturated rings. The molecule has 0 radical (unpaired) electrons. The molecular formula is C42H41F3N6O8. The van der Waals surface area contributed by atoms with Gasteiger partial charge in [0.1, 0.15) is 29.4 Å². The smallest absolute Gasteiger partial charge is 0.475 e. The van der Waals surface area contributed by atoms with Gasteiger partial charge in [0.25, 0.3) is 11.8 Å². The summed E-state index contributed by atoms with van der Waals surface area (Å²) in [6.45, 7) is 0.404. The molecule has 14 nitrogen and oxygen atoms in total. The number of anilines is 2. The molecule has 0 aromatic heterocycles. The number of amides is 2. The number of aliphatic carboxylic acids is 1. The van der Waals surface area contributed by atoms with Gasteiger partial charge in [-0.25, -0.2) is 9.59 Å². The van der Waals surface area contributed by atoms with Crippen molar-refractivity contribution < 1.29 is 51.8 Å². The number of rotatable bonds is 15. The molecule has 6 rings (SSSR count). The van der Waals surface area contributed by atoms with Gasteiger partial charge in [0.15, 0.2) is 5.96 Å². The van der Waals surface area contributed by atoms with E-state index in [4.69, 9.17) is 25.8 Å². The molecule has 59 heavy (non-hydrogen) atoms. The molecule has 0 aliphatic carbocycles. The van der Waals surface area contributed by atoms with Crippen molar-refractivity contribution in [2.75, 3.05) is 18.0 Å². The lowest BCUT2D eigenvalue weighted by Crippen LogP contribution is -2.41. The molecule has 4 aromatic rings. The number of carboxylic acid groups (broad SMARTS) is 1. The number of carboxylic acids is 1. The molecule has 0 spiro atoms. The molecule has 17 heteroatoms. The van der Waals surface area contributed by atoms with Gasteiger partial charge >= 0.3 is 18.1 Å². The van der Waals surface area contributed by atoms with Crippen LogP contribution in [0.1, 0.15) is 47.2 Å². The van der Waals surface area contributed by atoms with Crippen molar-refractivity contribution in [2.24, 2.45) is 5.73 Å². The quantitative estimate of drug-likeness (QED) is 0.0185. The number of para-hydroxylation sites is 1. The maximum atomic E-state index is 13.8. The van der Waals surface area contributed by atoms with Gasteiger partial charge in [0.05, 0.1) is 23.5 Å². The first-order chi connectivity index (χ1) is 28.1. The van der Waals surface area contributed by atoms with Crippen molar-refractivity contribution in [2.45, 2.75) is 55.8 Å². The number of nitrogens with two attached hydrogens (primary N) is 1. The zero-order valence-corrected chi connectivity index (χ0v) is 31.5. The Morgan fingerprint density at radius 2 is 1.51 bits per heavy atom. The number of nitrogens with zero attached hydrogens (tertiary/aromatic N) is 1. The Balaban J connectivity index is 0.000000867. The van der Waals surface area contributed by atoms with Gasteiger partial charge < -0.3 is 35.8 Å². The zero-order chi connectivity index (χ0) is 42.8. The third-order valence-electron chi connectivity index (χ3n) is 9.80. The number of unbranched alkanes of at least 4 members (excludes halogenated alkanes) is 2. The van der Waals surface area contributed by atoms with E-state index in [0.29, 0.717) is 52.9 Å². The fourth-order valence-corrected chi connectivity index (χ4v) is 6.82. The van der Waals surface area contributed by atoms with E-state index < -0.39 is 29.2 Å². The van der Waals surface area contributed by atoms with Gasteiger partial charge in [0, 0.05) is 24.9 Å². The standard InChI is InChI=1S/C40H40N6O6.C2HF3O2/c41-38(42)43-20-9-3-4-10-27-15-17-34-32(22-27)36(50)44-25-35(49)46(34)33-18-16-28(23-31(33)29-11-5-1-6-12-29)24-40(39(26-48,45-40)19-21-47)37(51)52-30-13-7-2-8-14-30;3-2(4,5)1(6)7/h1-2,5-8,11-18,21-23,26,45H,3-4,9-10,19-20,24-25H2,(H,44,50)(H4,41,42,43);(H,6,7)/t39?,40-;/m0./s1. The minimum atomic E-state index is -5.08. The summed E-state index contributed by atoms with van der Waals surface area (Å²) in [4.78, 5) is 75.5. The first-order valence-corrected chi connectivity index (χ1v) is 18.4. The van der Waals surface area contributed by atoms with Gasteiger partial charge in [-0.15, -0.1) is 0 Å². The lowest BCUT2D eigenvalue weighted by atomic mass is 9.85. The minimum absolute atomic E-state index is 0.0180. The summed E-state index contributed by atoms with van der Waals surface area (Å²) in [5.41, 5.74) is 6.80. The Morgan fingerprint density at radius 1 is 0.898 bits per heavy atom. The van der Waals surface area contributed by atoms with Crippen LogP contribution in [0.15, 0.2) is 97.1 Å². The molecule has 1 saturated heterocycles. The van der Waals surface area contributed by atoms with Crippen LogP contribution in [0.3, 0.4) is 0 Å². The number of carbonyl (C=O) groups is 6. The van der Waals surface area contributed by atoms with Crippen molar-refractivity contribution in [3.63, 3.8) is 0 Å². The first-order valence-electron chi connectivity index (χ1n) is 18.4. The average molecular weight is 815 g/mol. The van der Waals surface area contributed by atoms with Crippen LogP contribution in [-0.2, 0) is 36.8 Å². The average Bonchev–Trinajstić information content (AvgIpc) is 3.89. The number of ether oxygens (including phenoxy) is 1. The summed E-state index contributed by atoms with van der Waals surface area (Å²) in [5.74, 6) is -3.88. The number of benzene rings is 4. The third-order valence-corrected chi connectivity index (χ3v) is 9.80. The monoisotopic (exact) mass is 814 g/mol. The third kappa shape index (κ3) is 10.2. The molecule has 2 aliphatic rings. The highest BCUT2D eigenvalue weighted by Gasteiger charge is 2.73. The summed E-state index contributed by atoms with van der Waals surface area (Å²) in [7, 11) is 0. The van der Waals surface area contributed by atoms with Gasteiger partial charge in [-0.2, -0.15) is 13.2 Å². The number of hydrogen-bond donors (Lipinski definition) is 6. The van der Waals surface area contributed by atoms with Crippen LogP contribution in [0.2, 0.25) is 0 Å². The minimum Gasteiger partial charge on any atom is -0.475 e. The summed E-state index contributed by atoms with van der Waals surface area (Å²) < 4.78 is 37.4. The number of carbonyl (C=O) groups excluding carboxylic acids is 5. The molecule has 0 bridgehead atoms. The molecule has 2 atom stereocenters. The second-order valence-corrected chi connectivity index (χ2v) is 13.8. The second-order valence-electron chi connectivity index (χ2n) is 13.8. The van der Waals surface area contributed by atoms with Crippen molar-refractivity contribution in [1.29, 1.82) is 5.41 Å². The molecule has 2 aliphatic heterocycles. The normalized spacial score (nSPS) is 18.2. The molecule has 7 N–H and O–H groups in total. The van der Waals surface area contributed by atoms with Crippen molar-refractivity contribution in [3.05, 3.63) is 114 Å². The number of halogens is 3. The van der Waals surface area contributed by atoms with Gasteiger partial charge in [-0.1, -0.05) is 67.1 Å². The van der Waals surface area contributed by atoms with Crippen molar-refractivity contribution in [1.82, 2.24) is 16.0 Å². The number of esters is 1. The van der Waals surface area contributed by atoms with E-state index in [0.717, 1.165) is 36.8 Å². The maximum absolute atomic E-state index is 13.8. The van der Waals surface area contributed by atoms with E-state index in [1.165, 1.54) is 0 Å². The Morgan fingerprint density at radius 3 is 2.12 bits per heavy atom. The number of aryl methyl sites for hydroxylation is 1. The molecular weight excluding hydrogens is 773 g/mol. The van der Waals surface area contributed by atoms with E-state index in [1.807, 2.05) is 48.5 Å². The van der Waals surface area contributed by atoms with Gasteiger partial charge in [-0.05, 0) is 72.4 Å². The van der Waals surface area contributed by atoms with Crippen LogP contribution in [0.25, 0.3) is 11.1 Å². The predicted octanol–water partition coefficient (Wildman–Crippen LogP) is 4.61. The highest BCUT2D eigenvalue weighted by Crippen LogP contribution is 2.45. The molecule has 2 amide bonds. The van der Waals surface area contributed by atoms with Gasteiger partial charge in [0.2, 0.25) is 0 Å². The molecule has 308 valence electrons. The van der Waals surface area contributed by atoms with Crippen molar-refractivity contribution in [3.8, 4) is 16.9 Å².